The molecule has 0 unspecified atom stereocenters. The van der Waals surface area contributed by atoms with Gasteiger partial charge in [-0.3, -0.25) is 4.79 Å². The molecule has 0 bridgehead atoms. The first-order valence-electron chi connectivity index (χ1n) is 8.22. The maximum absolute atomic E-state index is 12.0. The number of carboxylic acid groups (broad SMARTS) is 1. The van der Waals surface area contributed by atoms with Crippen LogP contribution in [0.2, 0.25) is 0 Å². The highest BCUT2D eigenvalue weighted by Crippen LogP contribution is 2.44. The molecule has 0 heterocycles. The van der Waals surface area contributed by atoms with Gasteiger partial charge in [-0.2, -0.15) is 0 Å². The number of nitrogens with one attached hydrogen (secondary N) is 1. The van der Waals surface area contributed by atoms with Gasteiger partial charge in [0.2, 0.25) is 0 Å². The second-order valence-corrected chi connectivity index (χ2v) is 6.87. The summed E-state index contributed by atoms with van der Waals surface area (Å²) in [5.74, 6) is -0.975. The number of hydrogen-bond acceptors (Lipinski definition) is 3. The highest BCUT2D eigenvalue weighted by Gasteiger charge is 2.30. The molecule has 1 aliphatic carbocycles. The van der Waals surface area contributed by atoms with Gasteiger partial charge in [0.25, 0.3) is 0 Å². The molecule has 2 aromatic carbocycles. The Kier molecular flexibility index (Phi) is 4.49. The summed E-state index contributed by atoms with van der Waals surface area (Å²) >= 11 is 0. The van der Waals surface area contributed by atoms with E-state index in [0.717, 1.165) is 11.1 Å². The van der Waals surface area contributed by atoms with Crippen LogP contribution in [0.3, 0.4) is 0 Å². The van der Waals surface area contributed by atoms with Crippen molar-refractivity contribution >= 4 is 12.1 Å². The molecular formula is C20H21NO4. The Morgan fingerprint density at radius 1 is 1.04 bits per heavy atom. The van der Waals surface area contributed by atoms with E-state index in [-0.39, 0.29) is 19.1 Å². The summed E-state index contributed by atoms with van der Waals surface area (Å²) in [5, 5.41) is 11.6. The van der Waals surface area contributed by atoms with Crippen molar-refractivity contribution in [3.8, 4) is 11.1 Å². The van der Waals surface area contributed by atoms with Gasteiger partial charge in [0.05, 0.1) is 5.41 Å². The number of alkyl carbamates (subject to hydrolysis) is 1. The number of benzene rings is 2. The number of fused-ring (bicyclic) bond motifs is 3. The lowest BCUT2D eigenvalue weighted by Gasteiger charge is -2.20. The predicted octanol–water partition coefficient (Wildman–Crippen LogP) is 3.64. The first-order chi connectivity index (χ1) is 11.9. The molecule has 1 amide bonds. The second-order valence-electron chi connectivity index (χ2n) is 6.87. The minimum absolute atomic E-state index is 0.00867. The van der Waals surface area contributed by atoms with Crippen LogP contribution >= 0.6 is 0 Å². The minimum Gasteiger partial charge on any atom is -0.481 e. The van der Waals surface area contributed by atoms with Crippen molar-refractivity contribution in [2.45, 2.75) is 19.8 Å². The molecule has 5 nitrogen and oxygen atoms in total. The molecule has 25 heavy (non-hydrogen) atoms. The normalized spacial score (nSPS) is 13.0. The Hall–Kier alpha value is -2.82. The van der Waals surface area contributed by atoms with Crippen molar-refractivity contribution in [1.82, 2.24) is 5.32 Å². The van der Waals surface area contributed by atoms with Crippen molar-refractivity contribution in [3.63, 3.8) is 0 Å². The van der Waals surface area contributed by atoms with E-state index in [2.05, 4.69) is 29.6 Å². The van der Waals surface area contributed by atoms with Gasteiger partial charge in [0.15, 0.2) is 0 Å². The Labute approximate surface area is 146 Å². The predicted molar refractivity (Wildman–Crippen MR) is 94.5 cm³/mol. The van der Waals surface area contributed by atoms with Crippen LogP contribution in [0, 0.1) is 5.41 Å². The van der Waals surface area contributed by atoms with Gasteiger partial charge in [0.1, 0.15) is 6.61 Å². The second kappa shape index (κ2) is 6.59. The monoisotopic (exact) mass is 339 g/mol. The Morgan fingerprint density at radius 2 is 1.56 bits per heavy atom. The zero-order chi connectivity index (χ0) is 18.0. The number of ether oxygens (including phenoxy) is 1. The molecule has 0 radical (unpaired) electrons. The number of amides is 1. The van der Waals surface area contributed by atoms with Crippen LogP contribution in [-0.4, -0.2) is 30.3 Å². The highest BCUT2D eigenvalue weighted by molar-refractivity contribution is 5.79. The molecule has 5 heteroatoms. The first-order valence-corrected chi connectivity index (χ1v) is 8.22. The topological polar surface area (TPSA) is 75.6 Å². The lowest BCUT2D eigenvalue weighted by atomic mass is 9.94. The van der Waals surface area contributed by atoms with Crippen LogP contribution in [0.25, 0.3) is 11.1 Å². The SMILES string of the molecule is CC(C)(CNC(=O)OCC1c2ccccc2-c2ccccc21)C(=O)O. The zero-order valence-corrected chi connectivity index (χ0v) is 14.3. The summed E-state index contributed by atoms with van der Waals surface area (Å²) in [4.78, 5) is 23.0. The van der Waals surface area contributed by atoms with Gasteiger partial charge in [-0.15, -0.1) is 0 Å². The maximum Gasteiger partial charge on any atom is 0.407 e. The zero-order valence-electron chi connectivity index (χ0n) is 14.3. The number of rotatable bonds is 5. The van der Waals surface area contributed by atoms with E-state index < -0.39 is 17.5 Å². The van der Waals surface area contributed by atoms with E-state index in [1.807, 2.05) is 24.3 Å². The van der Waals surface area contributed by atoms with Crippen molar-refractivity contribution in [1.29, 1.82) is 0 Å². The van der Waals surface area contributed by atoms with E-state index in [4.69, 9.17) is 9.84 Å². The fourth-order valence-electron chi connectivity index (χ4n) is 3.02. The highest BCUT2D eigenvalue weighted by atomic mass is 16.5. The molecule has 2 N–H and O–H groups in total. The summed E-state index contributed by atoms with van der Waals surface area (Å²) in [6.45, 7) is 3.34. The van der Waals surface area contributed by atoms with E-state index in [9.17, 15) is 9.59 Å². The number of carbonyl (C=O) groups is 2. The fourth-order valence-corrected chi connectivity index (χ4v) is 3.02. The van der Waals surface area contributed by atoms with Gasteiger partial charge in [-0.1, -0.05) is 48.5 Å². The van der Waals surface area contributed by atoms with Crippen molar-refractivity contribution < 1.29 is 19.4 Å². The molecule has 3 rings (SSSR count). The summed E-state index contributed by atoms with van der Waals surface area (Å²) in [5.41, 5.74) is 3.58. The van der Waals surface area contributed by atoms with Crippen LogP contribution in [0.15, 0.2) is 48.5 Å². The number of carbonyl (C=O) groups excluding carboxylic acids is 1. The third-order valence-corrected chi connectivity index (χ3v) is 4.60. The summed E-state index contributed by atoms with van der Waals surface area (Å²) in [6.07, 6.45) is -0.601. The molecule has 0 aromatic heterocycles. The minimum atomic E-state index is -1.04. The molecule has 0 spiro atoms. The molecule has 0 aliphatic heterocycles. The van der Waals surface area contributed by atoms with E-state index >= 15 is 0 Å². The van der Waals surface area contributed by atoms with Gasteiger partial charge >= 0.3 is 12.1 Å². The summed E-state index contributed by atoms with van der Waals surface area (Å²) < 4.78 is 5.37. The molecule has 0 fully saturated rings. The van der Waals surface area contributed by atoms with Crippen LogP contribution in [-0.2, 0) is 9.53 Å². The molecule has 1 aliphatic rings. The first kappa shape index (κ1) is 17.0. The van der Waals surface area contributed by atoms with Crippen LogP contribution < -0.4 is 5.32 Å². The average molecular weight is 339 g/mol. The Morgan fingerprint density at radius 3 is 2.08 bits per heavy atom. The molecule has 0 atom stereocenters. The van der Waals surface area contributed by atoms with Crippen molar-refractivity contribution in [2.24, 2.45) is 5.41 Å². The van der Waals surface area contributed by atoms with Crippen LogP contribution in [0.5, 0.6) is 0 Å². The Bertz CT molecular complexity index is 767. The number of aliphatic carboxylic acids is 1. The van der Waals surface area contributed by atoms with Gasteiger partial charge in [-0.25, -0.2) is 4.79 Å². The number of hydrogen-bond donors (Lipinski definition) is 2. The van der Waals surface area contributed by atoms with Crippen molar-refractivity contribution in [3.05, 3.63) is 59.7 Å². The third kappa shape index (κ3) is 3.36. The summed E-state index contributed by atoms with van der Waals surface area (Å²) in [7, 11) is 0. The Balaban J connectivity index is 1.68. The molecule has 130 valence electrons. The molecular weight excluding hydrogens is 318 g/mol. The van der Waals surface area contributed by atoms with Crippen molar-refractivity contribution in [2.75, 3.05) is 13.2 Å². The lowest BCUT2D eigenvalue weighted by Crippen LogP contribution is -2.39. The van der Waals surface area contributed by atoms with E-state index in [0.29, 0.717) is 0 Å². The smallest absolute Gasteiger partial charge is 0.407 e. The molecule has 0 saturated heterocycles. The van der Waals surface area contributed by atoms with Crippen LogP contribution in [0.4, 0.5) is 4.79 Å². The fraction of sp³-hybridized carbons (Fsp3) is 0.300. The molecule has 2 aromatic rings. The van der Waals surface area contributed by atoms with E-state index in [1.165, 1.54) is 11.1 Å². The lowest BCUT2D eigenvalue weighted by molar-refractivity contribution is -0.146. The van der Waals surface area contributed by atoms with Gasteiger partial charge < -0.3 is 15.2 Å². The largest absolute Gasteiger partial charge is 0.481 e. The molecule has 0 saturated carbocycles. The quantitative estimate of drug-likeness (QED) is 0.872. The van der Waals surface area contributed by atoms with Gasteiger partial charge in [0, 0.05) is 12.5 Å². The average Bonchev–Trinajstić information content (AvgIpc) is 2.92. The third-order valence-electron chi connectivity index (χ3n) is 4.60. The van der Waals surface area contributed by atoms with Crippen LogP contribution in [0.1, 0.15) is 30.9 Å². The van der Waals surface area contributed by atoms with E-state index in [1.54, 1.807) is 13.8 Å². The maximum atomic E-state index is 12.0. The number of carboxylic acids is 1. The standard InChI is InChI=1S/C20H21NO4/c1-20(2,18(22)23)12-21-19(24)25-11-17-15-9-5-3-7-13(15)14-8-4-6-10-16(14)17/h3-10,17H,11-12H2,1-2H3,(H,21,24)(H,22,23). The van der Waals surface area contributed by atoms with Gasteiger partial charge in [-0.05, 0) is 36.1 Å². The summed E-state index contributed by atoms with van der Waals surface area (Å²) in [6, 6.07) is 16.2.